The summed E-state index contributed by atoms with van der Waals surface area (Å²) in [4.78, 5) is 39.7. The lowest BCUT2D eigenvalue weighted by atomic mass is 10.0. The molecule has 190 valence electrons. The zero-order chi connectivity index (χ0) is 26.7. The molecular weight excluding hydrogens is 604 g/mol. The third kappa shape index (κ3) is 5.94. The molecule has 0 unspecified atom stereocenters. The first-order chi connectivity index (χ1) is 17.7. The lowest BCUT2D eigenvalue weighted by molar-refractivity contribution is -0.122. The Kier molecular flexibility index (Phi) is 8.14. The van der Waals surface area contributed by atoms with E-state index in [1.54, 1.807) is 25.1 Å². The Labute approximate surface area is 231 Å². The van der Waals surface area contributed by atoms with Crippen LogP contribution in [0.4, 0.5) is 10.5 Å². The number of ether oxygens (including phenoxy) is 2. The minimum atomic E-state index is -0.784. The Morgan fingerprint density at radius 2 is 1.68 bits per heavy atom. The zero-order valence-corrected chi connectivity index (χ0v) is 23.6. The van der Waals surface area contributed by atoms with Crippen LogP contribution in [-0.2, 0) is 16.2 Å². The van der Waals surface area contributed by atoms with Crippen molar-refractivity contribution in [1.29, 1.82) is 0 Å². The van der Waals surface area contributed by atoms with Gasteiger partial charge in [0.1, 0.15) is 12.2 Å². The van der Waals surface area contributed by atoms with E-state index in [0.717, 1.165) is 26.1 Å². The summed E-state index contributed by atoms with van der Waals surface area (Å²) in [6.07, 6.45) is 1.44. The van der Waals surface area contributed by atoms with Crippen molar-refractivity contribution in [1.82, 2.24) is 5.32 Å². The maximum Gasteiger partial charge on any atom is 0.335 e. The fourth-order valence-electron chi connectivity index (χ4n) is 3.81. The SMILES string of the molecule is CCOc1cc(/C=C2\C(=O)NC(=O)N(c3cc(C)ccc3C)C2=O)cc(Br)c1OCc1ccc(Br)cc1. The number of hydrogen-bond acceptors (Lipinski definition) is 5. The van der Waals surface area contributed by atoms with E-state index in [0.29, 0.717) is 40.4 Å². The van der Waals surface area contributed by atoms with Crippen LogP contribution in [0, 0.1) is 13.8 Å². The van der Waals surface area contributed by atoms with Crippen molar-refractivity contribution in [3.63, 3.8) is 0 Å². The molecule has 0 aromatic heterocycles. The number of aryl methyl sites for hydroxylation is 2. The first kappa shape index (κ1) is 26.6. The molecule has 1 aliphatic heterocycles. The third-order valence-corrected chi connectivity index (χ3v) is 6.76. The number of carbonyl (C=O) groups is 3. The summed E-state index contributed by atoms with van der Waals surface area (Å²) in [5.74, 6) is -0.515. The molecule has 1 saturated heterocycles. The summed E-state index contributed by atoms with van der Waals surface area (Å²) < 4.78 is 13.4. The first-order valence-corrected chi connectivity index (χ1v) is 13.1. The van der Waals surface area contributed by atoms with Crippen molar-refractivity contribution in [2.45, 2.75) is 27.4 Å². The number of anilines is 1. The molecule has 1 heterocycles. The lowest BCUT2D eigenvalue weighted by Crippen LogP contribution is -2.54. The highest BCUT2D eigenvalue weighted by Crippen LogP contribution is 2.38. The summed E-state index contributed by atoms with van der Waals surface area (Å²) in [5.41, 5.74) is 3.38. The summed E-state index contributed by atoms with van der Waals surface area (Å²) in [6.45, 7) is 6.22. The average Bonchev–Trinajstić information content (AvgIpc) is 2.84. The van der Waals surface area contributed by atoms with E-state index < -0.39 is 17.8 Å². The van der Waals surface area contributed by atoms with Crippen molar-refractivity contribution in [2.75, 3.05) is 11.5 Å². The number of hydrogen-bond donors (Lipinski definition) is 1. The number of amides is 4. The number of rotatable bonds is 7. The second-order valence-corrected chi connectivity index (χ2v) is 10.2. The number of halogens is 2. The predicted molar refractivity (Wildman–Crippen MR) is 149 cm³/mol. The van der Waals surface area contributed by atoms with Crippen LogP contribution in [0.2, 0.25) is 0 Å². The van der Waals surface area contributed by atoms with Crippen molar-refractivity contribution in [3.05, 3.63) is 91.4 Å². The van der Waals surface area contributed by atoms with Crippen LogP contribution >= 0.6 is 31.9 Å². The highest BCUT2D eigenvalue weighted by atomic mass is 79.9. The van der Waals surface area contributed by atoms with Gasteiger partial charge in [0, 0.05) is 4.47 Å². The molecule has 0 aliphatic carbocycles. The van der Waals surface area contributed by atoms with Gasteiger partial charge in [-0.3, -0.25) is 14.9 Å². The quantitative estimate of drug-likeness (QED) is 0.240. The Morgan fingerprint density at radius 1 is 0.946 bits per heavy atom. The number of benzene rings is 3. The Morgan fingerprint density at radius 3 is 2.38 bits per heavy atom. The molecule has 3 aromatic carbocycles. The van der Waals surface area contributed by atoms with Crippen LogP contribution in [0.5, 0.6) is 11.5 Å². The highest BCUT2D eigenvalue weighted by Gasteiger charge is 2.37. The van der Waals surface area contributed by atoms with Crippen molar-refractivity contribution in [3.8, 4) is 11.5 Å². The molecule has 1 fully saturated rings. The van der Waals surface area contributed by atoms with Gasteiger partial charge in [-0.05, 0) is 95.4 Å². The van der Waals surface area contributed by atoms with E-state index >= 15 is 0 Å². The standard InChI is InChI=1S/C28H24Br2N2O5/c1-4-36-24-14-19(13-22(30)25(24)37-15-18-7-9-20(29)10-8-18)12-21-26(33)31-28(35)32(27(21)34)23-11-16(2)5-6-17(23)3/h5-14H,4,15H2,1-3H3,(H,31,33,35)/b21-12+. The number of carbonyl (C=O) groups excluding carboxylic acids is 3. The number of nitrogens with zero attached hydrogens (tertiary/aromatic N) is 1. The second-order valence-electron chi connectivity index (χ2n) is 8.43. The van der Waals surface area contributed by atoms with Crippen molar-refractivity contribution < 1.29 is 23.9 Å². The number of urea groups is 1. The van der Waals surface area contributed by atoms with Gasteiger partial charge in [0.25, 0.3) is 11.8 Å². The molecule has 9 heteroatoms. The smallest absolute Gasteiger partial charge is 0.335 e. The predicted octanol–water partition coefficient (Wildman–Crippen LogP) is 6.47. The van der Waals surface area contributed by atoms with Crippen molar-refractivity contribution >= 4 is 61.5 Å². The van der Waals surface area contributed by atoms with Gasteiger partial charge in [0.2, 0.25) is 0 Å². The number of barbiturate groups is 1. The monoisotopic (exact) mass is 626 g/mol. The molecule has 4 amide bonds. The summed E-state index contributed by atoms with van der Waals surface area (Å²) in [6, 6.07) is 15.9. The molecule has 0 radical (unpaired) electrons. The highest BCUT2D eigenvalue weighted by molar-refractivity contribution is 9.10. The van der Waals surface area contributed by atoms with Crippen LogP contribution in [-0.4, -0.2) is 24.5 Å². The van der Waals surface area contributed by atoms with Gasteiger partial charge in [0.05, 0.1) is 16.8 Å². The molecule has 0 atom stereocenters. The second kappa shape index (κ2) is 11.3. The van der Waals surface area contributed by atoms with Crippen molar-refractivity contribution in [2.24, 2.45) is 0 Å². The van der Waals surface area contributed by atoms with Gasteiger partial charge in [-0.15, -0.1) is 0 Å². The van der Waals surface area contributed by atoms with Gasteiger partial charge < -0.3 is 9.47 Å². The molecule has 37 heavy (non-hydrogen) atoms. The largest absolute Gasteiger partial charge is 0.490 e. The number of imide groups is 2. The maximum atomic E-state index is 13.4. The van der Waals surface area contributed by atoms with E-state index in [2.05, 4.69) is 37.2 Å². The van der Waals surface area contributed by atoms with Crippen LogP contribution < -0.4 is 19.7 Å². The zero-order valence-electron chi connectivity index (χ0n) is 20.4. The molecule has 1 aliphatic rings. The molecule has 0 saturated carbocycles. The van der Waals surface area contributed by atoms with Crippen LogP contribution in [0.25, 0.3) is 6.08 Å². The fourth-order valence-corrected chi connectivity index (χ4v) is 4.65. The van der Waals surface area contributed by atoms with Gasteiger partial charge in [-0.1, -0.05) is 40.2 Å². The molecule has 0 bridgehead atoms. The molecule has 1 N–H and O–H groups in total. The molecule has 3 aromatic rings. The minimum absolute atomic E-state index is 0.168. The van der Waals surface area contributed by atoms with Gasteiger partial charge in [0.15, 0.2) is 11.5 Å². The maximum absolute atomic E-state index is 13.4. The van der Waals surface area contributed by atoms with E-state index in [1.807, 2.05) is 50.2 Å². The molecule has 7 nitrogen and oxygen atoms in total. The lowest BCUT2D eigenvalue weighted by Gasteiger charge is -2.28. The molecular formula is C28H24Br2N2O5. The average molecular weight is 628 g/mol. The Balaban J connectivity index is 1.67. The summed E-state index contributed by atoms with van der Waals surface area (Å²) in [5, 5.41) is 2.27. The van der Waals surface area contributed by atoms with Gasteiger partial charge in [-0.2, -0.15) is 0 Å². The first-order valence-electron chi connectivity index (χ1n) is 11.5. The van der Waals surface area contributed by atoms with E-state index in [-0.39, 0.29) is 5.57 Å². The van der Waals surface area contributed by atoms with Gasteiger partial charge in [-0.25, -0.2) is 9.69 Å². The fraction of sp³-hybridized carbons (Fsp3) is 0.179. The normalized spacial score (nSPS) is 14.7. The van der Waals surface area contributed by atoms with E-state index in [4.69, 9.17) is 9.47 Å². The summed E-state index contributed by atoms with van der Waals surface area (Å²) >= 11 is 6.95. The number of nitrogens with one attached hydrogen (secondary N) is 1. The van der Waals surface area contributed by atoms with E-state index in [1.165, 1.54) is 6.08 Å². The minimum Gasteiger partial charge on any atom is -0.490 e. The third-order valence-electron chi connectivity index (χ3n) is 5.65. The molecule has 0 spiro atoms. The molecule has 4 rings (SSSR count). The Bertz CT molecular complexity index is 1420. The summed E-state index contributed by atoms with van der Waals surface area (Å²) in [7, 11) is 0. The van der Waals surface area contributed by atoms with E-state index in [9.17, 15) is 14.4 Å². The van der Waals surface area contributed by atoms with Crippen LogP contribution in [0.15, 0.2) is 69.1 Å². The Hall–Kier alpha value is -3.43. The van der Waals surface area contributed by atoms with Crippen LogP contribution in [0.1, 0.15) is 29.2 Å². The topological polar surface area (TPSA) is 84.9 Å². The van der Waals surface area contributed by atoms with Crippen LogP contribution in [0.3, 0.4) is 0 Å². The van der Waals surface area contributed by atoms with Gasteiger partial charge >= 0.3 is 6.03 Å².